The van der Waals surface area contributed by atoms with Gasteiger partial charge in [0, 0.05) is 12.1 Å². The Morgan fingerprint density at radius 3 is 2.50 bits per heavy atom. The summed E-state index contributed by atoms with van der Waals surface area (Å²) in [6, 6.07) is 11.6. The number of oxime groups is 1. The molecule has 2 N–H and O–H groups in total. The molecule has 0 aliphatic carbocycles. The van der Waals surface area contributed by atoms with E-state index >= 15 is 0 Å². The lowest BCUT2D eigenvalue weighted by Gasteiger charge is -2.18. The summed E-state index contributed by atoms with van der Waals surface area (Å²) in [5.41, 5.74) is 1.59. The molecular weight excluding hydrogens is 364 g/mol. The van der Waals surface area contributed by atoms with Crippen LogP contribution in [0.3, 0.4) is 0 Å². The van der Waals surface area contributed by atoms with E-state index in [9.17, 15) is 14.7 Å². The zero-order valence-corrected chi connectivity index (χ0v) is 15.7. The first kappa shape index (κ1) is 20.8. The fourth-order valence-electron chi connectivity index (χ4n) is 2.47. The molecule has 0 fully saturated rings. The van der Waals surface area contributed by atoms with Gasteiger partial charge in [0.15, 0.2) is 0 Å². The van der Waals surface area contributed by atoms with Crippen molar-refractivity contribution in [1.82, 2.24) is 4.90 Å². The van der Waals surface area contributed by atoms with Gasteiger partial charge in [-0.15, -0.1) is 0 Å². The second kappa shape index (κ2) is 9.96. The molecule has 0 unspecified atom stereocenters. The molecule has 2 aromatic carbocycles. The van der Waals surface area contributed by atoms with Gasteiger partial charge in [-0.05, 0) is 36.8 Å². The molecule has 0 saturated carbocycles. The number of aromatic hydroxyl groups is 1. The predicted molar refractivity (Wildman–Crippen MR) is 103 cm³/mol. The highest BCUT2D eigenvalue weighted by Crippen LogP contribution is 2.26. The number of amides is 1. The topological polar surface area (TPSA) is 109 Å². The molecule has 8 heteroatoms. The van der Waals surface area contributed by atoms with Crippen molar-refractivity contribution in [1.29, 1.82) is 0 Å². The second-order valence-electron chi connectivity index (χ2n) is 5.80. The number of carboxylic acid groups (broad SMARTS) is 1. The monoisotopic (exact) mass is 386 g/mol. The van der Waals surface area contributed by atoms with Gasteiger partial charge >= 0.3 is 5.97 Å². The van der Waals surface area contributed by atoms with E-state index in [1.165, 1.54) is 24.3 Å². The van der Waals surface area contributed by atoms with Gasteiger partial charge in [0.05, 0.1) is 11.8 Å². The van der Waals surface area contributed by atoms with E-state index in [1.807, 2.05) is 0 Å². The van der Waals surface area contributed by atoms with Crippen molar-refractivity contribution in [2.45, 2.75) is 13.5 Å². The first-order chi connectivity index (χ1) is 13.5. The molecule has 0 atom stereocenters. The fourth-order valence-corrected chi connectivity index (χ4v) is 2.47. The number of phenolic OH excluding ortho intramolecular Hbond substituents is 1. The van der Waals surface area contributed by atoms with Gasteiger partial charge in [0.2, 0.25) is 0 Å². The third-order valence-corrected chi connectivity index (χ3v) is 3.92. The molecule has 0 aliphatic heterocycles. The second-order valence-corrected chi connectivity index (χ2v) is 5.80. The van der Waals surface area contributed by atoms with Crippen LogP contribution in [0.25, 0.3) is 0 Å². The van der Waals surface area contributed by atoms with Crippen molar-refractivity contribution >= 4 is 18.1 Å². The van der Waals surface area contributed by atoms with E-state index in [1.54, 1.807) is 43.3 Å². The van der Waals surface area contributed by atoms with Crippen molar-refractivity contribution < 1.29 is 29.4 Å². The molecule has 0 heterocycles. The van der Waals surface area contributed by atoms with E-state index in [2.05, 4.69) is 9.99 Å². The summed E-state index contributed by atoms with van der Waals surface area (Å²) in [4.78, 5) is 29.1. The van der Waals surface area contributed by atoms with Crippen LogP contribution in [0.2, 0.25) is 0 Å². The van der Waals surface area contributed by atoms with Gasteiger partial charge in [-0.1, -0.05) is 23.4 Å². The number of carboxylic acids is 1. The molecule has 1 amide bonds. The van der Waals surface area contributed by atoms with Gasteiger partial charge in [0.25, 0.3) is 5.91 Å². The van der Waals surface area contributed by atoms with Gasteiger partial charge in [-0.25, -0.2) is 0 Å². The maximum Gasteiger partial charge on any atom is 0.323 e. The highest BCUT2D eigenvalue weighted by Gasteiger charge is 2.16. The summed E-state index contributed by atoms with van der Waals surface area (Å²) in [6.07, 6.45) is 1.36. The Kier molecular flexibility index (Phi) is 7.38. The summed E-state index contributed by atoms with van der Waals surface area (Å²) in [5.74, 6) is -0.959. The van der Waals surface area contributed by atoms with E-state index in [0.29, 0.717) is 23.4 Å². The normalized spacial score (nSPS) is 10.6. The summed E-state index contributed by atoms with van der Waals surface area (Å²) in [7, 11) is 1.40. The SMILES string of the molecule is CCN(CC(=O)O)C(=O)c1ccc(COc2cccc(O)c2/C=N/OC)cc1. The molecule has 0 aliphatic rings. The number of ether oxygens (including phenoxy) is 1. The minimum atomic E-state index is -1.06. The first-order valence-electron chi connectivity index (χ1n) is 8.57. The zero-order chi connectivity index (χ0) is 20.5. The Hall–Kier alpha value is -3.55. The molecule has 28 heavy (non-hydrogen) atoms. The average Bonchev–Trinajstić information content (AvgIpc) is 2.69. The maximum absolute atomic E-state index is 12.4. The largest absolute Gasteiger partial charge is 0.507 e. The van der Waals surface area contributed by atoms with Crippen LogP contribution in [-0.4, -0.2) is 53.4 Å². The van der Waals surface area contributed by atoms with Crippen LogP contribution in [-0.2, 0) is 16.2 Å². The number of benzene rings is 2. The summed E-state index contributed by atoms with van der Waals surface area (Å²) < 4.78 is 5.74. The van der Waals surface area contributed by atoms with Gasteiger partial charge in [0.1, 0.15) is 31.8 Å². The number of nitrogens with zero attached hydrogens (tertiary/aromatic N) is 2. The Morgan fingerprint density at radius 1 is 1.18 bits per heavy atom. The smallest absolute Gasteiger partial charge is 0.323 e. The third kappa shape index (κ3) is 5.47. The number of hydrogen-bond donors (Lipinski definition) is 2. The third-order valence-electron chi connectivity index (χ3n) is 3.92. The lowest BCUT2D eigenvalue weighted by atomic mass is 10.1. The lowest BCUT2D eigenvalue weighted by Crippen LogP contribution is -2.35. The molecule has 2 rings (SSSR count). The van der Waals surface area contributed by atoms with Crippen molar-refractivity contribution in [3.8, 4) is 11.5 Å². The lowest BCUT2D eigenvalue weighted by molar-refractivity contribution is -0.137. The Labute approximate surface area is 162 Å². The van der Waals surface area contributed by atoms with Crippen molar-refractivity contribution in [2.75, 3.05) is 20.2 Å². The van der Waals surface area contributed by atoms with Crippen LogP contribution in [0.4, 0.5) is 0 Å². The molecule has 0 aromatic heterocycles. The molecule has 0 saturated heterocycles. The Bertz CT molecular complexity index is 848. The first-order valence-corrected chi connectivity index (χ1v) is 8.57. The van der Waals surface area contributed by atoms with E-state index < -0.39 is 5.97 Å². The predicted octanol–water partition coefficient (Wildman–Crippen LogP) is 2.50. The fraction of sp³-hybridized carbons (Fsp3) is 0.250. The summed E-state index contributed by atoms with van der Waals surface area (Å²) >= 11 is 0. The highest BCUT2D eigenvalue weighted by molar-refractivity contribution is 5.95. The van der Waals surface area contributed by atoms with E-state index in [-0.39, 0.29) is 24.8 Å². The number of carbonyl (C=O) groups excluding carboxylic acids is 1. The molecule has 0 spiro atoms. The van der Waals surface area contributed by atoms with E-state index in [4.69, 9.17) is 9.84 Å². The van der Waals surface area contributed by atoms with Crippen molar-refractivity contribution in [3.63, 3.8) is 0 Å². The van der Waals surface area contributed by atoms with Crippen LogP contribution in [0.5, 0.6) is 11.5 Å². The van der Waals surface area contributed by atoms with Crippen molar-refractivity contribution in [3.05, 3.63) is 59.2 Å². The molecule has 0 radical (unpaired) electrons. The van der Waals surface area contributed by atoms with Crippen LogP contribution in [0.15, 0.2) is 47.6 Å². The minimum Gasteiger partial charge on any atom is -0.507 e. The van der Waals surface area contributed by atoms with Crippen LogP contribution in [0, 0.1) is 0 Å². The van der Waals surface area contributed by atoms with Crippen LogP contribution < -0.4 is 4.74 Å². The average molecular weight is 386 g/mol. The maximum atomic E-state index is 12.4. The molecule has 148 valence electrons. The number of hydrogen-bond acceptors (Lipinski definition) is 6. The Balaban J connectivity index is 2.08. The van der Waals surface area contributed by atoms with Crippen LogP contribution >= 0.6 is 0 Å². The Morgan fingerprint density at radius 2 is 1.89 bits per heavy atom. The van der Waals surface area contributed by atoms with Gasteiger partial charge in [-0.3, -0.25) is 9.59 Å². The van der Waals surface area contributed by atoms with Crippen LogP contribution in [0.1, 0.15) is 28.4 Å². The number of aliphatic carboxylic acids is 1. The number of carbonyl (C=O) groups is 2. The molecule has 2 aromatic rings. The minimum absolute atomic E-state index is 0.0114. The van der Waals surface area contributed by atoms with Crippen molar-refractivity contribution in [2.24, 2.45) is 5.16 Å². The molecule has 8 nitrogen and oxygen atoms in total. The quantitative estimate of drug-likeness (QED) is 0.506. The van der Waals surface area contributed by atoms with Gasteiger partial charge < -0.3 is 24.7 Å². The summed E-state index contributed by atoms with van der Waals surface area (Å²) in [6.45, 7) is 1.89. The number of likely N-dealkylation sites (N-methyl/N-ethyl adjacent to an activating group) is 1. The molecule has 0 bridgehead atoms. The number of phenols is 1. The molecular formula is C20H22N2O6. The zero-order valence-electron chi connectivity index (χ0n) is 15.7. The highest BCUT2D eigenvalue weighted by atomic mass is 16.6. The number of rotatable bonds is 9. The summed E-state index contributed by atoms with van der Waals surface area (Å²) in [5, 5.41) is 22.5. The standard InChI is InChI=1S/C20H22N2O6/c1-3-22(12-19(24)25)20(26)15-9-7-14(8-10-15)13-28-18-6-4-5-17(23)16(18)11-21-27-2/h4-11,23H,3,12-13H2,1-2H3,(H,24,25)/b21-11+. The van der Waals surface area contributed by atoms with E-state index in [0.717, 1.165) is 5.56 Å². The van der Waals surface area contributed by atoms with Gasteiger partial charge in [-0.2, -0.15) is 0 Å².